The van der Waals surface area contributed by atoms with Gasteiger partial charge in [0.05, 0.1) is 11.8 Å². The summed E-state index contributed by atoms with van der Waals surface area (Å²) in [4.78, 5) is 19.6. The van der Waals surface area contributed by atoms with E-state index < -0.39 is 0 Å². The number of nitrogens with zero attached hydrogens (tertiary/aromatic N) is 2. The van der Waals surface area contributed by atoms with Crippen LogP contribution in [0.25, 0.3) is 0 Å². The van der Waals surface area contributed by atoms with E-state index in [1.807, 2.05) is 6.92 Å². The standard InChI is InChI=1S/C11H11N3O2/c1-7-5-16-8(2)10(7)11(15)14-9-3-4-12-6-13-9/h3-6H,1-2H3,(H,12,13,14,15). The van der Waals surface area contributed by atoms with Crippen molar-refractivity contribution in [2.24, 2.45) is 0 Å². The molecule has 0 spiro atoms. The SMILES string of the molecule is Cc1coc(C)c1C(=O)Nc1ccncn1. The van der Waals surface area contributed by atoms with Crippen LogP contribution in [0, 0.1) is 13.8 Å². The van der Waals surface area contributed by atoms with Crippen LogP contribution in [0.15, 0.2) is 29.3 Å². The molecule has 0 radical (unpaired) electrons. The first-order valence-corrected chi connectivity index (χ1v) is 4.80. The van der Waals surface area contributed by atoms with E-state index in [-0.39, 0.29) is 5.91 Å². The second-order valence-corrected chi connectivity index (χ2v) is 3.40. The maximum absolute atomic E-state index is 11.9. The molecule has 2 aromatic rings. The number of amides is 1. The average Bonchev–Trinajstić information content (AvgIpc) is 2.60. The summed E-state index contributed by atoms with van der Waals surface area (Å²) in [6, 6.07) is 1.63. The highest BCUT2D eigenvalue weighted by Gasteiger charge is 2.15. The van der Waals surface area contributed by atoms with E-state index in [2.05, 4.69) is 15.3 Å². The molecule has 82 valence electrons. The van der Waals surface area contributed by atoms with Crippen LogP contribution in [0.4, 0.5) is 5.82 Å². The quantitative estimate of drug-likeness (QED) is 0.834. The van der Waals surface area contributed by atoms with E-state index >= 15 is 0 Å². The predicted molar refractivity (Wildman–Crippen MR) is 58.2 cm³/mol. The highest BCUT2D eigenvalue weighted by atomic mass is 16.3. The van der Waals surface area contributed by atoms with Gasteiger partial charge in [-0.15, -0.1) is 0 Å². The van der Waals surface area contributed by atoms with E-state index in [1.54, 1.807) is 25.5 Å². The summed E-state index contributed by atoms with van der Waals surface area (Å²) in [5.41, 5.74) is 1.36. The summed E-state index contributed by atoms with van der Waals surface area (Å²) in [6.07, 6.45) is 4.51. The van der Waals surface area contributed by atoms with Crippen molar-refractivity contribution in [1.82, 2.24) is 9.97 Å². The molecule has 5 heteroatoms. The Morgan fingerprint density at radius 3 is 2.81 bits per heavy atom. The van der Waals surface area contributed by atoms with E-state index in [0.29, 0.717) is 17.1 Å². The van der Waals surface area contributed by atoms with Crippen LogP contribution >= 0.6 is 0 Å². The minimum atomic E-state index is -0.220. The Balaban J connectivity index is 2.22. The molecule has 16 heavy (non-hydrogen) atoms. The Morgan fingerprint density at radius 1 is 1.44 bits per heavy atom. The Labute approximate surface area is 92.5 Å². The van der Waals surface area contributed by atoms with Gasteiger partial charge in [0.1, 0.15) is 17.9 Å². The van der Waals surface area contributed by atoms with Gasteiger partial charge in [0.25, 0.3) is 5.91 Å². The Hall–Kier alpha value is -2.17. The van der Waals surface area contributed by atoms with Gasteiger partial charge in [-0.2, -0.15) is 0 Å². The van der Waals surface area contributed by atoms with Gasteiger partial charge in [0.2, 0.25) is 0 Å². The lowest BCUT2D eigenvalue weighted by molar-refractivity contribution is 0.102. The molecule has 0 aromatic carbocycles. The molecule has 5 nitrogen and oxygen atoms in total. The molecule has 2 aromatic heterocycles. The number of carbonyl (C=O) groups excluding carboxylic acids is 1. The summed E-state index contributed by atoms with van der Waals surface area (Å²) in [5, 5.41) is 2.68. The van der Waals surface area contributed by atoms with Crippen LogP contribution in [0.5, 0.6) is 0 Å². The molecule has 2 rings (SSSR count). The maximum Gasteiger partial charge on any atom is 0.260 e. The lowest BCUT2D eigenvalue weighted by Gasteiger charge is -2.03. The van der Waals surface area contributed by atoms with Crippen LogP contribution in [-0.2, 0) is 0 Å². The van der Waals surface area contributed by atoms with Crippen LogP contribution in [0.1, 0.15) is 21.7 Å². The van der Waals surface area contributed by atoms with Gasteiger partial charge in [0, 0.05) is 11.8 Å². The average molecular weight is 217 g/mol. The molecule has 0 atom stereocenters. The van der Waals surface area contributed by atoms with Gasteiger partial charge in [-0.1, -0.05) is 0 Å². The molecular formula is C11H11N3O2. The van der Waals surface area contributed by atoms with E-state index in [0.717, 1.165) is 5.56 Å². The van der Waals surface area contributed by atoms with Crippen LogP contribution in [0.3, 0.4) is 0 Å². The van der Waals surface area contributed by atoms with Crippen molar-refractivity contribution in [1.29, 1.82) is 0 Å². The van der Waals surface area contributed by atoms with Crippen LogP contribution in [0.2, 0.25) is 0 Å². The monoisotopic (exact) mass is 217 g/mol. The zero-order valence-electron chi connectivity index (χ0n) is 9.02. The summed E-state index contributed by atoms with van der Waals surface area (Å²) >= 11 is 0. The normalized spacial score (nSPS) is 10.1. The first-order valence-electron chi connectivity index (χ1n) is 4.80. The molecule has 0 saturated heterocycles. The van der Waals surface area contributed by atoms with Crippen molar-refractivity contribution in [3.8, 4) is 0 Å². The van der Waals surface area contributed by atoms with Crippen LogP contribution in [-0.4, -0.2) is 15.9 Å². The van der Waals surface area contributed by atoms with Crippen molar-refractivity contribution >= 4 is 11.7 Å². The zero-order chi connectivity index (χ0) is 11.5. The zero-order valence-corrected chi connectivity index (χ0v) is 9.02. The maximum atomic E-state index is 11.9. The molecule has 0 aliphatic rings. The molecule has 0 unspecified atom stereocenters. The molecule has 0 bridgehead atoms. The molecule has 1 amide bonds. The van der Waals surface area contributed by atoms with Crippen molar-refractivity contribution in [3.05, 3.63) is 41.7 Å². The van der Waals surface area contributed by atoms with Gasteiger partial charge >= 0.3 is 0 Å². The number of nitrogens with one attached hydrogen (secondary N) is 1. The molecule has 0 fully saturated rings. The molecule has 2 heterocycles. The Kier molecular flexibility index (Phi) is 2.68. The largest absolute Gasteiger partial charge is 0.469 e. The Morgan fingerprint density at radius 2 is 2.25 bits per heavy atom. The number of aryl methyl sites for hydroxylation is 2. The smallest absolute Gasteiger partial charge is 0.260 e. The second-order valence-electron chi connectivity index (χ2n) is 3.40. The summed E-state index contributed by atoms with van der Waals surface area (Å²) in [5.74, 6) is 0.853. The first-order chi connectivity index (χ1) is 7.68. The summed E-state index contributed by atoms with van der Waals surface area (Å²) in [7, 11) is 0. The second kappa shape index (κ2) is 4.14. The highest BCUT2D eigenvalue weighted by Crippen LogP contribution is 2.16. The number of rotatable bonds is 2. The fourth-order valence-corrected chi connectivity index (χ4v) is 1.45. The molecule has 1 N–H and O–H groups in total. The van der Waals surface area contributed by atoms with Crippen molar-refractivity contribution in [2.45, 2.75) is 13.8 Å². The number of carbonyl (C=O) groups is 1. The fraction of sp³-hybridized carbons (Fsp3) is 0.182. The van der Waals surface area contributed by atoms with Gasteiger partial charge in [0.15, 0.2) is 0 Å². The third kappa shape index (κ3) is 1.93. The molecule has 0 aliphatic heterocycles. The van der Waals surface area contributed by atoms with E-state index in [9.17, 15) is 4.79 Å². The van der Waals surface area contributed by atoms with Crippen LogP contribution < -0.4 is 5.32 Å². The number of furan rings is 1. The Bertz CT molecular complexity index is 486. The lowest BCUT2D eigenvalue weighted by Crippen LogP contribution is -2.14. The fourth-order valence-electron chi connectivity index (χ4n) is 1.45. The van der Waals surface area contributed by atoms with Crippen molar-refractivity contribution in [2.75, 3.05) is 5.32 Å². The molecule has 0 aliphatic carbocycles. The summed E-state index contributed by atoms with van der Waals surface area (Å²) in [6.45, 7) is 3.58. The number of hydrogen-bond donors (Lipinski definition) is 1. The number of hydrogen-bond acceptors (Lipinski definition) is 4. The number of aromatic nitrogens is 2. The van der Waals surface area contributed by atoms with Crippen molar-refractivity contribution in [3.63, 3.8) is 0 Å². The van der Waals surface area contributed by atoms with E-state index in [4.69, 9.17) is 4.42 Å². The van der Waals surface area contributed by atoms with Crippen molar-refractivity contribution < 1.29 is 9.21 Å². The predicted octanol–water partition coefficient (Wildman–Crippen LogP) is 1.94. The minimum absolute atomic E-state index is 0.220. The van der Waals surface area contributed by atoms with Gasteiger partial charge in [-0.25, -0.2) is 9.97 Å². The first kappa shape index (κ1) is 10.4. The number of anilines is 1. The van der Waals surface area contributed by atoms with Gasteiger partial charge < -0.3 is 9.73 Å². The van der Waals surface area contributed by atoms with E-state index in [1.165, 1.54) is 6.33 Å². The lowest BCUT2D eigenvalue weighted by atomic mass is 10.1. The minimum Gasteiger partial charge on any atom is -0.469 e. The third-order valence-corrected chi connectivity index (χ3v) is 2.21. The molecular weight excluding hydrogens is 206 g/mol. The highest BCUT2D eigenvalue weighted by molar-refractivity contribution is 6.05. The summed E-state index contributed by atoms with van der Waals surface area (Å²) < 4.78 is 5.16. The molecule has 0 saturated carbocycles. The topological polar surface area (TPSA) is 68.0 Å². The van der Waals surface area contributed by atoms with Gasteiger partial charge in [-0.05, 0) is 19.9 Å². The third-order valence-electron chi connectivity index (χ3n) is 2.21. The van der Waals surface area contributed by atoms with Gasteiger partial charge in [-0.3, -0.25) is 4.79 Å².